The van der Waals surface area contributed by atoms with Crippen molar-refractivity contribution in [1.29, 1.82) is 0 Å². The van der Waals surface area contributed by atoms with E-state index in [0.717, 1.165) is 22.4 Å². The number of nitrogens with one attached hydrogen (secondary N) is 1. The lowest BCUT2D eigenvalue weighted by Gasteiger charge is -2.35. The molecule has 1 heterocycles. The number of methoxy groups -OCH3 is 2. The molecule has 4 rings (SSSR count). The summed E-state index contributed by atoms with van der Waals surface area (Å²) in [5.74, 6) is 1.37. The zero-order chi connectivity index (χ0) is 28.5. The number of benzene rings is 3. The fraction of sp³-hybridized carbons (Fsp3) is 0.345. The van der Waals surface area contributed by atoms with Crippen LogP contribution < -0.4 is 23.8 Å². The number of ether oxygens (including phenoxy) is 3. The molecule has 0 aromatic heterocycles. The van der Waals surface area contributed by atoms with Crippen molar-refractivity contribution < 1.29 is 27.4 Å². The number of hydrogen-bond donors (Lipinski definition) is 1. The van der Waals surface area contributed by atoms with Gasteiger partial charge in [-0.3, -0.25) is 9.10 Å². The minimum atomic E-state index is -4.05. The number of rotatable bonds is 8. The third kappa shape index (κ3) is 5.79. The number of aryl methyl sites for hydroxylation is 1. The van der Waals surface area contributed by atoms with Gasteiger partial charge in [-0.25, -0.2) is 8.42 Å². The lowest BCUT2D eigenvalue weighted by molar-refractivity contribution is -0.128. The molecule has 1 amide bonds. The van der Waals surface area contributed by atoms with Crippen LogP contribution in [0.2, 0.25) is 5.02 Å². The number of halogens is 1. The molecule has 0 fully saturated rings. The predicted molar refractivity (Wildman–Crippen MR) is 152 cm³/mol. The standard InChI is InChI=1S/C29H33ClN2O6S/c1-17(2)23-15-24(18(3)13-27(23)37-6)19(4)31-29(33)28-16-32(25-14-20(30)7-12-26(25)38-28)39(34,35)22-10-8-21(36-5)9-11-22/h7-15,17,19,28H,16H2,1-6H3,(H,31,33)/t19-,28+/m1/s1. The summed E-state index contributed by atoms with van der Waals surface area (Å²) in [5, 5.41) is 3.36. The fourth-order valence-corrected chi connectivity index (χ4v) is 6.29. The molecular formula is C29H33ClN2O6S. The van der Waals surface area contributed by atoms with Crippen LogP contribution in [0.5, 0.6) is 17.2 Å². The number of amides is 1. The number of hydrogen-bond acceptors (Lipinski definition) is 6. The summed E-state index contributed by atoms with van der Waals surface area (Å²) in [6.45, 7) is 7.79. The van der Waals surface area contributed by atoms with Crippen molar-refractivity contribution in [2.75, 3.05) is 25.1 Å². The Hall–Kier alpha value is -3.43. The summed E-state index contributed by atoms with van der Waals surface area (Å²) in [6, 6.07) is 14.4. The van der Waals surface area contributed by atoms with Gasteiger partial charge in [0.05, 0.1) is 37.4 Å². The topological polar surface area (TPSA) is 94.2 Å². The van der Waals surface area contributed by atoms with Gasteiger partial charge in [-0.1, -0.05) is 25.4 Å². The number of carbonyl (C=O) groups is 1. The van der Waals surface area contributed by atoms with Crippen molar-refractivity contribution in [3.8, 4) is 17.2 Å². The fourth-order valence-electron chi connectivity index (χ4n) is 4.66. The van der Waals surface area contributed by atoms with Crippen molar-refractivity contribution >= 4 is 33.2 Å². The number of anilines is 1. The molecule has 0 saturated heterocycles. The van der Waals surface area contributed by atoms with Gasteiger partial charge in [-0.15, -0.1) is 0 Å². The Balaban J connectivity index is 1.64. The number of nitrogens with zero attached hydrogens (tertiary/aromatic N) is 1. The highest BCUT2D eigenvalue weighted by atomic mass is 35.5. The molecule has 3 aromatic rings. The van der Waals surface area contributed by atoms with Crippen LogP contribution in [0.15, 0.2) is 59.5 Å². The molecule has 208 valence electrons. The minimum Gasteiger partial charge on any atom is -0.497 e. The molecule has 0 unspecified atom stereocenters. The first kappa shape index (κ1) is 28.6. The molecule has 0 saturated carbocycles. The van der Waals surface area contributed by atoms with E-state index in [1.165, 1.54) is 29.6 Å². The van der Waals surface area contributed by atoms with Crippen LogP contribution in [0.25, 0.3) is 0 Å². The average Bonchev–Trinajstić information content (AvgIpc) is 2.91. The summed E-state index contributed by atoms with van der Waals surface area (Å²) in [5.41, 5.74) is 3.22. The highest BCUT2D eigenvalue weighted by Crippen LogP contribution is 2.39. The summed E-state index contributed by atoms with van der Waals surface area (Å²) < 4.78 is 45.3. The van der Waals surface area contributed by atoms with Gasteiger partial charge in [0.25, 0.3) is 15.9 Å². The lowest BCUT2D eigenvalue weighted by atomic mass is 9.93. The van der Waals surface area contributed by atoms with Gasteiger partial charge >= 0.3 is 0 Å². The third-order valence-corrected chi connectivity index (χ3v) is 8.83. The number of fused-ring (bicyclic) bond motifs is 1. The van der Waals surface area contributed by atoms with Crippen LogP contribution in [-0.4, -0.2) is 41.2 Å². The maximum absolute atomic E-state index is 13.7. The van der Waals surface area contributed by atoms with E-state index in [1.807, 2.05) is 26.0 Å². The zero-order valence-electron chi connectivity index (χ0n) is 22.8. The SMILES string of the molecule is COc1ccc(S(=O)(=O)N2C[C@@H](C(=O)N[C@H](C)c3cc(C(C)C)c(OC)cc3C)Oc3ccc(Cl)cc32)cc1. The molecule has 1 aliphatic rings. The van der Waals surface area contributed by atoms with Crippen molar-refractivity contribution in [3.63, 3.8) is 0 Å². The van der Waals surface area contributed by atoms with Gasteiger partial charge in [0.15, 0.2) is 6.10 Å². The van der Waals surface area contributed by atoms with Crippen LogP contribution in [0, 0.1) is 6.92 Å². The summed E-state index contributed by atoms with van der Waals surface area (Å²) in [6.07, 6.45) is -1.09. The van der Waals surface area contributed by atoms with Crippen molar-refractivity contribution in [1.82, 2.24) is 5.32 Å². The summed E-state index contributed by atoms with van der Waals surface area (Å²) >= 11 is 6.20. The second kappa shape index (κ2) is 11.4. The Morgan fingerprint density at radius 1 is 1.03 bits per heavy atom. The van der Waals surface area contributed by atoms with Crippen molar-refractivity contribution in [2.45, 2.75) is 50.7 Å². The van der Waals surface area contributed by atoms with Gasteiger partial charge < -0.3 is 19.5 Å². The second-order valence-electron chi connectivity index (χ2n) is 9.77. The van der Waals surface area contributed by atoms with Crippen LogP contribution in [0.3, 0.4) is 0 Å². The molecule has 39 heavy (non-hydrogen) atoms. The smallest absolute Gasteiger partial charge is 0.264 e. The van der Waals surface area contributed by atoms with E-state index in [1.54, 1.807) is 31.4 Å². The van der Waals surface area contributed by atoms with E-state index < -0.39 is 22.0 Å². The van der Waals surface area contributed by atoms with Gasteiger partial charge in [0.2, 0.25) is 0 Å². The second-order valence-corrected chi connectivity index (χ2v) is 12.1. The Bertz CT molecular complexity index is 1470. The van der Waals surface area contributed by atoms with Crippen LogP contribution in [0.4, 0.5) is 5.69 Å². The molecule has 0 bridgehead atoms. The van der Waals surface area contributed by atoms with Crippen LogP contribution in [0.1, 0.15) is 49.4 Å². The van der Waals surface area contributed by atoms with E-state index in [2.05, 4.69) is 19.2 Å². The minimum absolute atomic E-state index is 0.0544. The number of sulfonamides is 1. The van der Waals surface area contributed by atoms with Gasteiger partial charge in [-0.2, -0.15) is 0 Å². The van der Waals surface area contributed by atoms with E-state index in [9.17, 15) is 13.2 Å². The normalized spacial score (nSPS) is 15.8. The first-order valence-corrected chi connectivity index (χ1v) is 14.4. The number of carbonyl (C=O) groups excluding carboxylic acids is 1. The Morgan fingerprint density at radius 2 is 1.72 bits per heavy atom. The lowest BCUT2D eigenvalue weighted by Crippen LogP contribution is -2.51. The molecule has 1 N–H and O–H groups in total. The van der Waals surface area contributed by atoms with Crippen LogP contribution >= 0.6 is 11.6 Å². The highest BCUT2D eigenvalue weighted by Gasteiger charge is 2.38. The molecule has 8 nitrogen and oxygen atoms in total. The first-order chi connectivity index (χ1) is 18.5. The van der Waals surface area contributed by atoms with E-state index in [0.29, 0.717) is 10.8 Å². The molecular weight excluding hydrogens is 540 g/mol. The van der Waals surface area contributed by atoms with Crippen molar-refractivity contribution in [3.05, 3.63) is 76.3 Å². The van der Waals surface area contributed by atoms with Gasteiger partial charge in [0.1, 0.15) is 17.2 Å². The quantitative estimate of drug-likeness (QED) is 0.376. The molecule has 0 spiro atoms. The van der Waals surface area contributed by atoms with E-state index in [4.69, 9.17) is 25.8 Å². The monoisotopic (exact) mass is 572 g/mol. The molecule has 10 heteroatoms. The van der Waals surface area contributed by atoms with E-state index in [-0.39, 0.29) is 34.8 Å². The average molecular weight is 573 g/mol. The zero-order valence-corrected chi connectivity index (χ0v) is 24.4. The first-order valence-electron chi connectivity index (χ1n) is 12.6. The maximum atomic E-state index is 13.7. The predicted octanol–water partition coefficient (Wildman–Crippen LogP) is 5.62. The largest absolute Gasteiger partial charge is 0.497 e. The summed E-state index contributed by atoms with van der Waals surface area (Å²) in [7, 11) is -0.902. The van der Waals surface area contributed by atoms with Gasteiger partial charge in [-0.05, 0) is 91.1 Å². The molecule has 0 radical (unpaired) electrons. The van der Waals surface area contributed by atoms with E-state index >= 15 is 0 Å². The Labute approximate surface area is 234 Å². The van der Waals surface area contributed by atoms with Crippen molar-refractivity contribution in [2.24, 2.45) is 0 Å². The summed E-state index contributed by atoms with van der Waals surface area (Å²) in [4.78, 5) is 13.5. The third-order valence-electron chi connectivity index (χ3n) is 6.80. The molecule has 2 atom stereocenters. The molecule has 0 aliphatic carbocycles. The highest BCUT2D eigenvalue weighted by molar-refractivity contribution is 7.92. The Morgan fingerprint density at radius 3 is 2.33 bits per heavy atom. The Kier molecular flexibility index (Phi) is 8.32. The maximum Gasteiger partial charge on any atom is 0.264 e. The molecule has 3 aromatic carbocycles. The van der Waals surface area contributed by atoms with Gasteiger partial charge in [0, 0.05) is 5.02 Å². The van der Waals surface area contributed by atoms with Crippen LogP contribution in [-0.2, 0) is 14.8 Å². The molecule has 1 aliphatic heterocycles.